The molecule has 0 aliphatic heterocycles. The maximum atomic E-state index is 5.69. The maximum Gasteiger partial charge on any atom is 0.0406 e. The summed E-state index contributed by atoms with van der Waals surface area (Å²) in [7, 11) is 2.01. The molecule has 4 N–H and O–H groups in total. The quantitative estimate of drug-likeness (QED) is 0.146. The molecule has 0 saturated heterocycles. The van der Waals surface area contributed by atoms with Crippen molar-refractivity contribution in [3.05, 3.63) is 60.3 Å². The number of halogens is 1. The molecular weight excluding hydrogens is 458 g/mol. The van der Waals surface area contributed by atoms with E-state index in [9.17, 15) is 0 Å². The van der Waals surface area contributed by atoms with Crippen molar-refractivity contribution in [2.75, 3.05) is 20.1 Å². The molecule has 1 aromatic carbocycles. The molecule has 1 unspecified atom stereocenters. The third-order valence-electron chi connectivity index (χ3n) is 4.07. The van der Waals surface area contributed by atoms with Crippen LogP contribution in [0, 0.1) is 30.1 Å². The Bertz CT molecular complexity index is 575. The van der Waals surface area contributed by atoms with E-state index in [1.165, 1.54) is 25.7 Å². The van der Waals surface area contributed by atoms with E-state index in [1.54, 1.807) is 0 Å². The number of hydrogen-bond donors (Lipinski definition) is 4. The van der Waals surface area contributed by atoms with E-state index < -0.39 is 0 Å². The van der Waals surface area contributed by atoms with Crippen LogP contribution in [-0.2, 0) is 6.42 Å². The second-order valence-corrected chi connectivity index (χ2v) is 10.5. The highest BCUT2D eigenvalue weighted by Crippen LogP contribution is 2.24. The zero-order valence-electron chi connectivity index (χ0n) is 23.1. The fourth-order valence-electron chi connectivity index (χ4n) is 2.61. The van der Waals surface area contributed by atoms with Crippen LogP contribution < -0.4 is 15.8 Å². The van der Waals surface area contributed by atoms with Crippen molar-refractivity contribution in [3.63, 3.8) is 0 Å². The van der Waals surface area contributed by atoms with Crippen LogP contribution in [0.5, 0.6) is 0 Å². The van der Waals surface area contributed by atoms with Crippen LogP contribution in [0.1, 0.15) is 72.8 Å². The smallest absolute Gasteiger partial charge is 0.0406 e. The van der Waals surface area contributed by atoms with E-state index in [0.29, 0.717) is 11.1 Å². The van der Waals surface area contributed by atoms with Crippen LogP contribution in [0.25, 0.3) is 0 Å². The van der Waals surface area contributed by atoms with E-state index in [4.69, 9.17) is 17.3 Å². The van der Waals surface area contributed by atoms with Crippen LogP contribution in [0.4, 0.5) is 0 Å². The highest BCUT2D eigenvalue weighted by atomic mass is 35.5. The molecule has 1 aromatic rings. The van der Waals surface area contributed by atoms with E-state index in [1.807, 2.05) is 31.3 Å². The van der Waals surface area contributed by atoms with Gasteiger partial charge in [0.15, 0.2) is 0 Å². The van der Waals surface area contributed by atoms with Gasteiger partial charge in [-0.3, -0.25) is 4.72 Å². The summed E-state index contributed by atoms with van der Waals surface area (Å²) in [4.78, 5) is 0. The molecule has 1 rings (SSSR count). The Balaban J connectivity index is -0.000000207. The van der Waals surface area contributed by atoms with Crippen molar-refractivity contribution in [3.8, 4) is 12.8 Å². The number of terminal acetylenes is 1. The number of nitrogens with two attached hydrogens (primary N) is 1. The Morgan fingerprint density at radius 1 is 1.09 bits per heavy atom. The minimum absolute atomic E-state index is 0.474. The third kappa shape index (κ3) is 37.9. The summed E-state index contributed by atoms with van der Waals surface area (Å²) in [6.45, 7) is 25.2. The summed E-state index contributed by atoms with van der Waals surface area (Å²) < 4.78 is 2.99. The molecular formula is C29H54ClN3S. The van der Waals surface area contributed by atoms with Gasteiger partial charge in [-0.2, -0.15) is 0 Å². The van der Waals surface area contributed by atoms with Crippen LogP contribution in [0.3, 0.4) is 0 Å². The Morgan fingerprint density at radius 3 is 1.91 bits per heavy atom. The van der Waals surface area contributed by atoms with E-state index in [-0.39, 0.29) is 0 Å². The van der Waals surface area contributed by atoms with Crippen LogP contribution in [0.2, 0.25) is 5.02 Å². The largest absolute Gasteiger partial charge is 0.402 e. The van der Waals surface area contributed by atoms with Crippen molar-refractivity contribution in [1.29, 1.82) is 0 Å². The minimum Gasteiger partial charge on any atom is -0.402 e. The third-order valence-corrected chi connectivity index (χ3v) is 4.50. The first kappa shape index (κ1) is 39.8. The molecule has 0 amide bonds. The first-order valence-corrected chi connectivity index (χ1v) is 12.8. The number of hydrogen-bond acceptors (Lipinski definition) is 4. The van der Waals surface area contributed by atoms with Gasteiger partial charge in [0, 0.05) is 23.7 Å². The molecule has 0 saturated carbocycles. The molecule has 0 aromatic heterocycles. The lowest BCUT2D eigenvalue weighted by Gasteiger charge is -2.21. The Morgan fingerprint density at radius 2 is 1.56 bits per heavy atom. The second-order valence-electron chi connectivity index (χ2n) is 9.77. The average molecular weight is 512 g/mol. The van der Waals surface area contributed by atoms with Crippen molar-refractivity contribution < 1.29 is 0 Å². The second kappa shape index (κ2) is 27.9. The number of benzene rings is 1. The number of rotatable bonds is 10. The van der Waals surface area contributed by atoms with Crippen molar-refractivity contribution in [1.82, 2.24) is 10.0 Å². The Labute approximate surface area is 224 Å². The highest BCUT2D eigenvalue weighted by molar-refractivity contribution is 7.78. The van der Waals surface area contributed by atoms with Gasteiger partial charge < -0.3 is 11.1 Å². The molecule has 0 aliphatic rings. The summed E-state index contributed by atoms with van der Waals surface area (Å²) in [6.07, 6.45) is 13.9. The fourth-order valence-corrected chi connectivity index (χ4v) is 3.00. The van der Waals surface area contributed by atoms with E-state index in [0.717, 1.165) is 41.9 Å². The number of thiol groups is 1. The SMILES string of the molecule is C#C.C=C.C=C(N)Cc1ccc(Cl)cc1.CC(C)C.CNCCC(CCCC(C)(C)C)CNS. The first-order valence-electron chi connectivity index (χ1n) is 11.9. The van der Waals surface area contributed by atoms with Gasteiger partial charge in [0.1, 0.15) is 0 Å². The van der Waals surface area contributed by atoms with Crippen molar-refractivity contribution >= 4 is 24.4 Å². The Kier molecular flexibility index (Phi) is 32.6. The summed E-state index contributed by atoms with van der Waals surface area (Å²) >= 11 is 9.79. The van der Waals surface area contributed by atoms with Crippen LogP contribution >= 0.6 is 24.4 Å². The molecule has 0 spiro atoms. The number of allylic oxidation sites excluding steroid dienone is 1. The molecule has 3 nitrogen and oxygen atoms in total. The molecule has 0 fully saturated rings. The average Bonchev–Trinajstić information content (AvgIpc) is 2.75. The molecule has 34 heavy (non-hydrogen) atoms. The van der Waals surface area contributed by atoms with Gasteiger partial charge in [0.2, 0.25) is 0 Å². The lowest BCUT2D eigenvalue weighted by molar-refractivity contribution is 0.331. The molecule has 0 aliphatic carbocycles. The molecule has 0 radical (unpaired) electrons. The van der Waals surface area contributed by atoms with Gasteiger partial charge in [-0.1, -0.05) is 91.1 Å². The van der Waals surface area contributed by atoms with Gasteiger partial charge in [-0.25, -0.2) is 0 Å². The molecule has 0 heterocycles. The van der Waals surface area contributed by atoms with Gasteiger partial charge in [0.25, 0.3) is 0 Å². The van der Waals surface area contributed by atoms with Crippen molar-refractivity contribution in [2.45, 2.75) is 73.6 Å². The predicted molar refractivity (Wildman–Crippen MR) is 162 cm³/mol. The topological polar surface area (TPSA) is 50.1 Å². The summed E-state index contributed by atoms with van der Waals surface area (Å²) in [6, 6.07) is 7.58. The Hall–Kier alpha value is -1.38. The lowest BCUT2D eigenvalue weighted by atomic mass is 9.87. The standard InChI is InChI=1S/C12H28N2S.C9H10ClN.C4H10.C2H4.C2H2/c1-12(2,3)8-5-6-11(10-14-15)7-9-13-4;1-7(11)6-8-2-4-9(10)5-3-8;1-4(2)3;2*1-2/h11,13-15H,5-10H2,1-4H3;2-5H,1,6,11H2;4H,1-3H3;1-2H2;1-2H. The molecule has 5 heteroatoms. The molecule has 1 atom stereocenters. The van der Waals surface area contributed by atoms with Crippen LogP contribution in [0.15, 0.2) is 49.7 Å². The van der Waals surface area contributed by atoms with E-state index >= 15 is 0 Å². The predicted octanol–water partition coefficient (Wildman–Crippen LogP) is 7.93. The maximum absolute atomic E-state index is 5.69. The van der Waals surface area contributed by atoms with Gasteiger partial charge in [0.05, 0.1) is 0 Å². The molecule has 0 bridgehead atoms. The summed E-state index contributed by atoms with van der Waals surface area (Å²) in [5, 5.41) is 3.96. The highest BCUT2D eigenvalue weighted by Gasteiger charge is 2.12. The van der Waals surface area contributed by atoms with Gasteiger partial charge >= 0.3 is 0 Å². The normalized spacial score (nSPS) is 10.6. The van der Waals surface area contributed by atoms with Crippen LogP contribution in [-0.4, -0.2) is 20.1 Å². The molecule has 198 valence electrons. The minimum atomic E-state index is 0.474. The van der Waals surface area contributed by atoms with Gasteiger partial charge in [-0.05, 0) is 67.8 Å². The summed E-state index contributed by atoms with van der Waals surface area (Å²) in [5.41, 5.74) is 7.72. The van der Waals surface area contributed by atoms with Crippen molar-refractivity contribution in [2.24, 2.45) is 23.0 Å². The zero-order chi connectivity index (χ0) is 27.6. The summed E-state index contributed by atoms with van der Waals surface area (Å²) in [5.74, 6) is 1.59. The van der Waals surface area contributed by atoms with Gasteiger partial charge in [-0.15, -0.1) is 26.0 Å². The van der Waals surface area contributed by atoms with E-state index in [2.05, 4.69) is 97.0 Å². The number of nitrogens with one attached hydrogen (secondary N) is 2. The lowest BCUT2D eigenvalue weighted by Crippen LogP contribution is -2.21. The monoisotopic (exact) mass is 511 g/mol. The first-order chi connectivity index (χ1) is 15.9. The fraction of sp³-hybridized carbons (Fsp3) is 0.586. The zero-order valence-corrected chi connectivity index (χ0v) is 24.7.